The Kier molecular flexibility index (Phi) is 5.69. The highest BCUT2D eigenvalue weighted by molar-refractivity contribution is 5.78. The van der Waals surface area contributed by atoms with E-state index in [4.69, 9.17) is 4.74 Å². The number of hydrogen-bond acceptors (Lipinski definition) is 7. The minimum absolute atomic E-state index is 0.277. The maximum Gasteiger partial charge on any atom is 0.282 e. The Bertz CT molecular complexity index is 1510. The van der Waals surface area contributed by atoms with E-state index in [-0.39, 0.29) is 11.5 Å². The number of pyridine rings is 2. The van der Waals surface area contributed by atoms with Crippen molar-refractivity contribution < 1.29 is 18.6 Å². The predicted octanol–water partition coefficient (Wildman–Crippen LogP) is 4.77. The van der Waals surface area contributed by atoms with Crippen LogP contribution in [-0.2, 0) is 0 Å². The fourth-order valence-corrected chi connectivity index (χ4v) is 3.71. The third kappa shape index (κ3) is 4.33. The molecule has 0 aliphatic rings. The van der Waals surface area contributed by atoms with Gasteiger partial charge in [0, 0.05) is 22.9 Å². The van der Waals surface area contributed by atoms with Gasteiger partial charge in [-0.25, -0.2) is 23.0 Å². The number of hydrogen-bond donors (Lipinski definition) is 1. The number of fused-ring (bicyclic) bond motifs is 1. The van der Waals surface area contributed by atoms with E-state index in [0.717, 1.165) is 11.2 Å². The van der Waals surface area contributed by atoms with Gasteiger partial charge in [0.2, 0.25) is 5.88 Å². The van der Waals surface area contributed by atoms with Crippen LogP contribution < -0.4 is 4.74 Å². The van der Waals surface area contributed by atoms with Crippen molar-refractivity contribution in [3.05, 3.63) is 77.5 Å². The largest absolute Gasteiger partial charge is 0.436 e. The number of aromatic nitrogens is 7. The lowest BCUT2D eigenvalue weighted by molar-refractivity contribution is 0.145. The van der Waals surface area contributed by atoms with Gasteiger partial charge >= 0.3 is 0 Å². The molecular formula is C24H21F2N7O2. The zero-order valence-corrected chi connectivity index (χ0v) is 19.1. The maximum atomic E-state index is 13.2. The molecule has 5 aromatic rings. The van der Waals surface area contributed by atoms with E-state index >= 15 is 0 Å². The Morgan fingerprint density at radius 2 is 1.86 bits per heavy atom. The van der Waals surface area contributed by atoms with Gasteiger partial charge < -0.3 is 9.84 Å². The summed E-state index contributed by atoms with van der Waals surface area (Å²) in [5, 5.41) is 26.7. The molecule has 1 atom stereocenters. The molecule has 0 radical (unpaired) electrons. The molecule has 0 saturated heterocycles. The molecule has 0 bridgehead atoms. The van der Waals surface area contributed by atoms with E-state index in [9.17, 15) is 13.9 Å². The second-order valence-corrected chi connectivity index (χ2v) is 8.08. The quantitative estimate of drug-likeness (QED) is 0.376. The molecule has 5 heterocycles. The number of aliphatic hydroxyl groups excluding tert-OH is 1. The first-order valence-corrected chi connectivity index (χ1v) is 10.8. The maximum absolute atomic E-state index is 13.2. The highest BCUT2D eigenvalue weighted by Crippen LogP contribution is 2.30. The fraction of sp³-hybridized carbons (Fsp3) is 0.208. The normalized spacial score (nSPS) is 12.4. The number of aryl methyl sites for hydroxylation is 2. The molecule has 0 amide bonds. The van der Waals surface area contributed by atoms with Crippen LogP contribution in [0.5, 0.6) is 11.6 Å². The Labute approximate surface area is 198 Å². The number of alkyl halides is 2. The molecule has 1 N–H and O–H groups in total. The van der Waals surface area contributed by atoms with Crippen molar-refractivity contribution in [3.8, 4) is 28.7 Å². The molecule has 0 fully saturated rings. The van der Waals surface area contributed by atoms with Crippen molar-refractivity contribution in [2.45, 2.75) is 33.3 Å². The minimum atomic E-state index is -2.71. The smallest absolute Gasteiger partial charge is 0.282 e. The molecule has 0 unspecified atom stereocenters. The van der Waals surface area contributed by atoms with E-state index < -0.39 is 12.5 Å². The van der Waals surface area contributed by atoms with Gasteiger partial charge in [-0.05, 0) is 51.1 Å². The molecule has 0 aliphatic carbocycles. The zero-order valence-electron chi connectivity index (χ0n) is 19.1. The highest BCUT2D eigenvalue weighted by Gasteiger charge is 2.20. The molecule has 178 valence electrons. The standard InChI is InChI=1S/C24H21F2N7O2/c1-13-4-9-22(30-29-13)35-16-5-8-21-18(11-27-32(21)12-16)19-7-6-17(15(3)34)24(28-19)33-14(2)10-20(31-33)23(25)26/h4-12,15,23,34H,1-3H3/t15-/m0/s1. The van der Waals surface area contributed by atoms with Crippen LogP contribution in [0, 0.1) is 13.8 Å². The first-order valence-electron chi connectivity index (χ1n) is 10.8. The molecule has 0 aromatic carbocycles. The van der Waals surface area contributed by atoms with Crippen molar-refractivity contribution in [2.24, 2.45) is 0 Å². The Hall–Kier alpha value is -4.25. The van der Waals surface area contributed by atoms with Gasteiger partial charge in [0.05, 0.1) is 35.4 Å². The Morgan fingerprint density at radius 1 is 1.03 bits per heavy atom. The highest BCUT2D eigenvalue weighted by atomic mass is 19.3. The molecule has 0 aliphatic heterocycles. The molecule has 5 rings (SSSR count). The number of nitrogens with zero attached hydrogens (tertiary/aromatic N) is 7. The molecule has 0 spiro atoms. The number of rotatable bonds is 6. The number of aliphatic hydroxyl groups is 1. The molecule has 0 saturated carbocycles. The lowest BCUT2D eigenvalue weighted by Crippen LogP contribution is -2.09. The third-order valence-corrected chi connectivity index (χ3v) is 5.45. The van der Waals surface area contributed by atoms with Crippen LogP contribution in [0.2, 0.25) is 0 Å². The topological polar surface area (TPSA) is 103 Å². The molecular weight excluding hydrogens is 456 g/mol. The Morgan fingerprint density at radius 3 is 2.54 bits per heavy atom. The summed E-state index contributed by atoms with van der Waals surface area (Å²) in [7, 11) is 0. The van der Waals surface area contributed by atoms with E-state index in [1.165, 1.54) is 10.7 Å². The first-order chi connectivity index (χ1) is 16.8. The SMILES string of the molecule is Cc1ccc(Oc2ccc3c(-c4ccc([C@H](C)O)c(-n5nc(C(F)F)cc5C)n4)cnn3c2)nn1. The summed E-state index contributed by atoms with van der Waals surface area (Å²) in [6.07, 6.45) is -0.231. The van der Waals surface area contributed by atoms with Gasteiger partial charge in [-0.3, -0.25) is 0 Å². The van der Waals surface area contributed by atoms with Crippen molar-refractivity contribution in [1.29, 1.82) is 0 Å². The summed E-state index contributed by atoms with van der Waals surface area (Å²) in [6, 6.07) is 11.9. The molecule has 9 nitrogen and oxygen atoms in total. The minimum Gasteiger partial charge on any atom is -0.436 e. The third-order valence-electron chi connectivity index (χ3n) is 5.45. The average Bonchev–Trinajstić information content (AvgIpc) is 3.43. The van der Waals surface area contributed by atoms with E-state index in [0.29, 0.717) is 34.1 Å². The molecule has 11 heteroatoms. The van der Waals surface area contributed by atoms with Crippen molar-refractivity contribution in [2.75, 3.05) is 0 Å². The van der Waals surface area contributed by atoms with Crippen molar-refractivity contribution >= 4 is 5.52 Å². The summed E-state index contributed by atoms with van der Waals surface area (Å²) in [5.74, 6) is 1.16. The van der Waals surface area contributed by atoms with Crippen LogP contribution in [0.15, 0.2) is 54.9 Å². The lowest BCUT2D eigenvalue weighted by Gasteiger charge is -2.14. The van der Waals surface area contributed by atoms with Gasteiger partial charge in [0.15, 0.2) is 5.82 Å². The van der Waals surface area contributed by atoms with Crippen LogP contribution in [0.25, 0.3) is 22.6 Å². The lowest BCUT2D eigenvalue weighted by atomic mass is 10.1. The van der Waals surface area contributed by atoms with Crippen molar-refractivity contribution in [3.63, 3.8) is 0 Å². The van der Waals surface area contributed by atoms with Crippen LogP contribution >= 0.6 is 0 Å². The van der Waals surface area contributed by atoms with Gasteiger partial charge in [-0.15, -0.1) is 5.10 Å². The summed E-state index contributed by atoms with van der Waals surface area (Å²) < 4.78 is 35.2. The van der Waals surface area contributed by atoms with Crippen LogP contribution in [0.1, 0.15) is 42.1 Å². The van der Waals surface area contributed by atoms with E-state index in [2.05, 4.69) is 25.4 Å². The second-order valence-electron chi connectivity index (χ2n) is 8.08. The Balaban J connectivity index is 1.54. The van der Waals surface area contributed by atoms with Gasteiger partial charge in [0.1, 0.15) is 11.4 Å². The molecule has 5 aromatic heterocycles. The summed E-state index contributed by atoms with van der Waals surface area (Å²) >= 11 is 0. The zero-order chi connectivity index (χ0) is 24.7. The number of ether oxygens (including phenoxy) is 1. The van der Waals surface area contributed by atoms with Gasteiger partial charge in [-0.2, -0.15) is 15.3 Å². The summed E-state index contributed by atoms with van der Waals surface area (Å²) in [4.78, 5) is 4.68. The fourth-order valence-electron chi connectivity index (χ4n) is 3.71. The monoisotopic (exact) mass is 477 g/mol. The van der Waals surface area contributed by atoms with Crippen LogP contribution in [0.4, 0.5) is 8.78 Å². The molecule has 35 heavy (non-hydrogen) atoms. The van der Waals surface area contributed by atoms with Crippen molar-refractivity contribution in [1.82, 2.24) is 34.6 Å². The first kappa shape index (κ1) is 22.5. The van der Waals surface area contributed by atoms with Crippen LogP contribution in [-0.4, -0.2) is 39.7 Å². The second kappa shape index (κ2) is 8.84. The average molecular weight is 477 g/mol. The summed E-state index contributed by atoms with van der Waals surface area (Å²) in [6.45, 7) is 5.09. The van der Waals surface area contributed by atoms with E-state index in [1.807, 2.05) is 13.0 Å². The predicted molar refractivity (Wildman–Crippen MR) is 123 cm³/mol. The van der Waals surface area contributed by atoms with Gasteiger partial charge in [0.25, 0.3) is 6.43 Å². The number of halogens is 2. The summed E-state index contributed by atoms with van der Waals surface area (Å²) in [5.41, 5.74) is 3.39. The van der Waals surface area contributed by atoms with Gasteiger partial charge in [-0.1, -0.05) is 6.07 Å². The van der Waals surface area contributed by atoms with E-state index in [1.54, 1.807) is 61.1 Å². The van der Waals surface area contributed by atoms with Crippen LogP contribution in [0.3, 0.4) is 0 Å².